The Labute approximate surface area is 163 Å². The van der Waals surface area contributed by atoms with E-state index in [2.05, 4.69) is 16.7 Å². The second kappa shape index (κ2) is 10.7. The second-order valence-electron chi connectivity index (χ2n) is 7.62. The van der Waals surface area contributed by atoms with Gasteiger partial charge in [-0.3, -0.25) is 9.69 Å². The number of piperidine rings is 1. The van der Waals surface area contributed by atoms with Crippen molar-refractivity contribution in [3.8, 4) is 5.75 Å². The first kappa shape index (κ1) is 20.2. The summed E-state index contributed by atoms with van der Waals surface area (Å²) in [6.45, 7) is 8.52. The number of morpholine rings is 1. The predicted octanol–water partition coefficient (Wildman–Crippen LogP) is 3.58. The SMILES string of the molecule is CCCCOc1ccc(C(=O)N2CCCC[C@@H]2CCN2CCOCC2)cc1. The van der Waals surface area contributed by atoms with Crippen molar-refractivity contribution in [3.05, 3.63) is 29.8 Å². The third-order valence-electron chi connectivity index (χ3n) is 5.64. The molecule has 2 aliphatic heterocycles. The predicted molar refractivity (Wildman–Crippen MR) is 107 cm³/mol. The zero-order valence-corrected chi connectivity index (χ0v) is 16.7. The third kappa shape index (κ3) is 5.94. The maximum atomic E-state index is 13.1. The number of ether oxygens (including phenoxy) is 2. The van der Waals surface area contributed by atoms with Crippen LogP contribution < -0.4 is 4.74 Å². The van der Waals surface area contributed by atoms with E-state index in [0.29, 0.717) is 6.04 Å². The Kier molecular flexibility index (Phi) is 7.96. The maximum Gasteiger partial charge on any atom is 0.254 e. The molecule has 150 valence electrons. The van der Waals surface area contributed by atoms with Gasteiger partial charge in [0.25, 0.3) is 5.91 Å². The van der Waals surface area contributed by atoms with Gasteiger partial charge in [0.2, 0.25) is 0 Å². The molecule has 5 heteroatoms. The number of likely N-dealkylation sites (tertiary alicyclic amines) is 1. The molecule has 2 saturated heterocycles. The number of nitrogens with zero attached hydrogens (tertiary/aromatic N) is 2. The zero-order valence-electron chi connectivity index (χ0n) is 16.7. The van der Waals surface area contributed by atoms with Gasteiger partial charge < -0.3 is 14.4 Å². The van der Waals surface area contributed by atoms with Crippen LogP contribution in [0.3, 0.4) is 0 Å². The summed E-state index contributed by atoms with van der Waals surface area (Å²) < 4.78 is 11.1. The van der Waals surface area contributed by atoms with Crippen LogP contribution in [0, 0.1) is 0 Å². The number of hydrogen-bond acceptors (Lipinski definition) is 4. The number of carbonyl (C=O) groups excluding carboxylic acids is 1. The number of amides is 1. The van der Waals surface area contributed by atoms with Crippen molar-refractivity contribution in [1.29, 1.82) is 0 Å². The monoisotopic (exact) mass is 374 g/mol. The largest absolute Gasteiger partial charge is 0.494 e. The van der Waals surface area contributed by atoms with Gasteiger partial charge in [0.1, 0.15) is 5.75 Å². The number of rotatable bonds is 8. The minimum atomic E-state index is 0.168. The van der Waals surface area contributed by atoms with Crippen LogP contribution in [0.25, 0.3) is 0 Å². The molecule has 3 rings (SSSR count). The first-order valence-electron chi connectivity index (χ1n) is 10.6. The summed E-state index contributed by atoms with van der Waals surface area (Å²) in [5, 5.41) is 0. The lowest BCUT2D eigenvalue weighted by Crippen LogP contribution is -2.46. The quantitative estimate of drug-likeness (QED) is 0.652. The molecule has 27 heavy (non-hydrogen) atoms. The molecule has 0 unspecified atom stereocenters. The molecule has 0 aliphatic carbocycles. The van der Waals surface area contributed by atoms with Gasteiger partial charge in [0.05, 0.1) is 19.8 Å². The summed E-state index contributed by atoms with van der Waals surface area (Å²) in [7, 11) is 0. The summed E-state index contributed by atoms with van der Waals surface area (Å²) in [6, 6.07) is 8.04. The van der Waals surface area contributed by atoms with E-state index in [4.69, 9.17) is 9.47 Å². The minimum absolute atomic E-state index is 0.168. The summed E-state index contributed by atoms with van der Waals surface area (Å²) in [5.74, 6) is 1.02. The van der Waals surface area contributed by atoms with E-state index in [-0.39, 0.29) is 5.91 Å². The van der Waals surface area contributed by atoms with E-state index in [1.165, 1.54) is 6.42 Å². The highest BCUT2D eigenvalue weighted by Gasteiger charge is 2.28. The van der Waals surface area contributed by atoms with Gasteiger partial charge in [-0.2, -0.15) is 0 Å². The second-order valence-corrected chi connectivity index (χ2v) is 7.62. The van der Waals surface area contributed by atoms with Gasteiger partial charge in [-0.25, -0.2) is 0 Å². The lowest BCUT2D eigenvalue weighted by Gasteiger charge is -2.37. The number of unbranched alkanes of at least 4 members (excludes halogenated alkanes) is 1. The van der Waals surface area contributed by atoms with E-state index in [9.17, 15) is 4.79 Å². The molecular weight excluding hydrogens is 340 g/mol. The smallest absolute Gasteiger partial charge is 0.254 e. The summed E-state index contributed by atoms with van der Waals surface area (Å²) >= 11 is 0. The van der Waals surface area contributed by atoms with Crippen molar-refractivity contribution in [1.82, 2.24) is 9.80 Å². The van der Waals surface area contributed by atoms with Crippen molar-refractivity contribution in [2.24, 2.45) is 0 Å². The van der Waals surface area contributed by atoms with Crippen LogP contribution in [0.5, 0.6) is 5.75 Å². The Balaban J connectivity index is 1.55. The van der Waals surface area contributed by atoms with Gasteiger partial charge in [0.15, 0.2) is 0 Å². The number of benzene rings is 1. The highest BCUT2D eigenvalue weighted by atomic mass is 16.5. The third-order valence-corrected chi connectivity index (χ3v) is 5.64. The van der Waals surface area contributed by atoms with Crippen molar-refractivity contribution < 1.29 is 14.3 Å². The molecule has 1 atom stereocenters. The van der Waals surface area contributed by atoms with E-state index in [1.807, 2.05) is 24.3 Å². The van der Waals surface area contributed by atoms with Crippen LogP contribution in [0.2, 0.25) is 0 Å². The van der Waals surface area contributed by atoms with Crippen molar-refractivity contribution in [3.63, 3.8) is 0 Å². The first-order valence-corrected chi connectivity index (χ1v) is 10.6. The lowest BCUT2D eigenvalue weighted by atomic mass is 9.97. The highest BCUT2D eigenvalue weighted by Crippen LogP contribution is 2.23. The van der Waals surface area contributed by atoms with Crippen LogP contribution in [0.4, 0.5) is 0 Å². The van der Waals surface area contributed by atoms with E-state index >= 15 is 0 Å². The van der Waals surface area contributed by atoms with Crippen LogP contribution in [-0.4, -0.2) is 67.7 Å². The van der Waals surface area contributed by atoms with E-state index < -0.39 is 0 Å². The van der Waals surface area contributed by atoms with E-state index in [0.717, 1.165) is 89.4 Å². The standard InChI is InChI=1S/C22H34N2O3/c1-2-3-16-27-21-9-7-19(8-10-21)22(25)24-12-5-4-6-20(24)11-13-23-14-17-26-18-15-23/h7-10,20H,2-6,11-18H2,1H3/t20-/m1/s1. The van der Waals surface area contributed by atoms with Crippen LogP contribution in [0.15, 0.2) is 24.3 Å². The minimum Gasteiger partial charge on any atom is -0.494 e. The molecule has 0 N–H and O–H groups in total. The Hall–Kier alpha value is -1.59. The fourth-order valence-corrected chi connectivity index (χ4v) is 3.92. The van der Waals surface area contributed by atoms with Crippen LogP contribution in [0.1, 0.15) is 55.8 Å². The molecule has 0 saturated carbocycles. The zero-order chi connectivity index (χ0) is 18.9. The maximum absolute atomic E-state index is 13.1. The summed E-state index contributed by atoms with van der Waals surface area (Å²) in [6.07, 6.45) is 6.69. The van der Waals surface area contributed by atoms with Crippen LogP contribution in [-0.2, 0) is 4.74 Å². The Morgan fingerprint density at radius 3 is 2.67 bits per heavy atom. The molecule has 2 fully saturated rings. The molecule has 0 aromatic heterocycles. The van der Waals surface area contributed by atoms with Crippen LogP contribution >= 0.6 is 0 Å². The fourth-order valence-electron chi connectivity index (χ4n) is 3.92. The van der Waals surface area contributed by atoms with Gasteiger partial charge in [-0.05, 0) is 56.4 Å². The Morgan fingerprint density at radius 2 is 1.93 bits per heavy atom. The topological polar surface area (TPSA) is 42.0 Å². The molecule has 2 heterocycles. The van der Waals surface area contributed by atoms with Crippen molar-refractivity contribution in [2.75, 3.05) is 46.0 Å². The average molecular weight is 375 g/mol. The van der Waals surface area contributed by atoms with Gasteiger partial charge in [-0.15, -0.1) is 0 Å². The van der Waals surface area contributed by atoms with Gasteiger partial charge in [-0.1, -0.05) is 13.3 Å². The lowest BCUT2D eigenvalue weighted by molar-refractivity contribution is 0.0295. The first-order chi connectivity index (χ1) is 13.3. The molecule has 0 radical (unpaired) electrons. The fraction of sp³-hybridized carbons (Fsp3) is 0.682. The normalized spacial score (nSPS) is 21.2. The number of hydrogen-bond donors (Lipinski definition) is 0. The van der Waals surface area contributed by atoms with Crippen molar-refractivity contribution in [2.45, 2.75) is 51.5 Å². The van der Waals surface area contributed by atoms with Gasteiger partial charge >= 0.3 is 0 Å². The molecule has 0 spiro atoms. The van der Waals surface area contributed by atoms with Crippen molar-refractivity contribution >= 4 is 5.91 Å². The molecule has 1 amide bonds. The van der Waals surface area contributed by atoms with Gasteiger partial charge in [0, 0.05) is 37.8 Å². The molecule has 1 aromatic rings. The Bertz CT molecular complexity index is 569. The molecule has 0 bridgehead atoms. The van der Waals surface area contributed by atoms with E-state index in [1.54, 1.807) is 0 Å². The average Bonchev–Trinajstić information content (AvgIpc) is 2.73. The summed E-state index contributed by atoms with van der Waals surface area (Å²) in [4.78, 5) is 17.7. The molecule has 2 aliphatic rings. The number of carbonyl (C=O) groups is 1. The molecular formula is C22H34N2O3. The highest BCUT2D eigenvalue weighted by molar-refractivity contribution is 5.94. The molecule has 5 nitrogen and oxygen atoms in total. The Morgan fingerprint density at radius 1 is 1.15 bits per heavy atom. The molecule has 1 aromatic carbocycles. The summed E-state index contributed by atoms with van der Waals surface area (Å²) in [5.41, 5.74) is 0.774.